The summed E-state index contributed by atoms with van der Waals surface area (Å²) >= 11 is 0. The minimum atomic E-state index is -0.912. The average molecular weight is 347 g/mol. The van der Waals surface area contributed by atoms with Crippen molar-refractivity contribution in [3.8, 4) is 0 Å². The molecule has 1 aliphatic heterocycles. The molecule has 5 atom stereocenters. The van der Waals surface area contributed by atoms with Crippen molar-refractivity contribution in [3.05, 3.63) is 0 Å². The van der Waals surface area contributed by atoms with Crippen molar-refractivity contribution in [1.82, 2.24) is 5.32 Å². The van der Waals surface area contributed by atoms with E-state index < -0.39 is 5.97 Å². The lowest BCUT2D eigenvalue weighted by Gasteiger charge is -2.42. The molecular formula is C19H29N3O3. The highest BCUT2D eigenvalue weighted by molar-refractivity contribution is 5.91. The van der Waals surface area contributed by atoms with Crippen LogP contribution in [0.15, 0.2) is 9.98 Å². The number of nitrogens with one attached hydrogen (secondary N) is 1. The molecule has 0 radical (unpaired) electrons. The van der Waals surface area contributed by atoms with Gasteiger partial charge >= 0.3 is 5.97 Å². The zero-order valence-electron chi connectivity index (χ0n) is 15.0. The summed E-state index contributed by atoms with van der Waals surface area (Å²) in [6.45, 7) is 1.90. The monoisotopic (exact) mass is 347 g/mol. The van der Waals surface area contributed by atoms with E-state index in [1.807, 2.05) is 6.21 Å². The van der Waals surface area contributed by atoms with E-state index in [4.69, 9.17) is 14.8 Å². The van der Waals surface area contributed by atoms with Crippen molar-refractivity contribution < 1.29 is 14.6 Å². The molecule has 0 aromatic rings. The number of guanidine groups is 1. The summed E-state index contributed by atoms with van der Waals surface area (Å²) in [4.78, 5) is 20.4. The van der Waals surface area contributed by atoms with Crippen LogP contribution in [0.2, 0.25) is 0 Å². The highest BCUT2D eigenvalue weighted by Crippen LogP contribution is 2.58. The highest BCUT2D eigenvalue weighted by Gasteiger charge is 2.54. The Morgan fingerprint density at radius 1 is 1.40 bits per heavy atom. The fraction of sp³-hybridized carbons (Fsp3) is 0.842. The Balaban J connectivity index is 1.45. The molecule has 1 heterocycles. The molecule has 3 fully saturated rings. The maximum absolute atomic E-state index is 10.9. The number of aliphatic imine (C=N–C) groups is 2. The molecule has 6 nitrogen and oxygen atoms in total. The van der Waals surface area contributed by atoms with Gasteiger partial charge in [0.2, 0.25) is 5.96 Å². The van der Waals surface area contributed by atoms with E-state index in [0.29, 0.717) is 23.3 Å². The molecule has 0 aromatic carbocycles. The lowest BCUT2D eigenvalue weighted by molar-refractivity contribution is -0.147. The number of rotatable bonds is 4. The smallest absolute Gasteiger partial charge is 0.329 e. The van der Waals surface area contributed by atoms with Gasteiger partial charge < -0.3 is 15.2 Å². The molecule has 2 N–H and O–H groups in total. The van der Waals surface area contributed by atoms with E-state index in [1.165, 1.54) is 38.5 Å². The summed E-state index contributed by atoms with van der Waals surface area (Å²) in [6.07, 6.45) is 11.9. The van der Waals surface area contributed by atoms with Gasteiger partial charge in [0.25, 0.3) is 0 Å². The summed E-state index contributed by atoms with van der Waals surface area (Å²) < 4.78 is 5.73. The van der Waals surface area contributed by atoms with Crippen molar-refractivity contribution in [2.45, 2.75) is 76.5 Å². The third kappa shape index (κ3) is 3.46. The molecule has 25 heavy (non-hydrogen) atoms. The Morgan fingerprint density at radius 2 is 2.20 bits per heavy atom. The Morgan fingerprint density at radius 3 is 2.96 bits per heavy atom. The molecule has 4 unspecified atom stereocenters. The normalized spacial score (nSPS) is 40.5. The van der Waals surface area contributed by atoms with E-state index >= 15 is 0 Å². The third-order valence-corrected chi connectivity index (χ3v) is 6.69. The second-order valence-electron chi connectivity index (χ2n) is 8.43. The van der Waals surface area contributed by atoms with Crippen molar-refractivity contribution >= 4 is 18.1 Å². The van der Waals surface area contributed by atoms with Gasteiger partial charge in [0.1, 0.15) is 6.61 Å². The lowest BCUT2D eigenvalue weighted by Crippen LogP contribution is -2.56. The van der Waals surface area contributed by atoms with Crippen LogP contribution in [0, 0.1) is 17.3 Å². The van der Waals surface area contributed by atoms with E-state index in [1.54, 1.807) is 0 Å². The second-order valence-corrected chi connectivity index (χ2v) is 8.43. The van der Waals surface area contributed by atoms with Crippen LogP contribution in [-0.4, -0.2) is 48.0 Å². The van der Waals surface area contributed by atoms with Gasteiger partial charge in [0.05, 0.1) is 18.2 Å². The summed E-state index contributed by atoms with van der Waals surface area (Å²) in [6, 6.07) is 0.504. The van der Waals surface area contributed by atoms with Crippen molar-refractivity contribution in [1.29, 1.82) is 0 Å². The lowest BCUT2D eigenvalue weighted by atomic mass is 9.76. The first-order chi connectivity index (χ1) is 12.1. The van der Waals surface area contributed by atoms with Gasteiger partial charge in [-0.2, -0.15) is 0 Å². The van der Waals surface area contributed by atoms with Gasteiger partial charge in [-0.1, -0.05) is 26.2 Å². The third-order valence-electron chi connectivity index (χ3n) is 6.69. The fourth-order valence-corrected chi connectivity index (χ4v) is 5.06. The molecule has 0 saturated heterocycles. The second kappa shape index (κ2) is 6.71. The molecule has 6 heteroatoms. The van der Waals surface area contributed by atoms with Gasteiger partial charge in [-0.3, -0.25) is 0 Å². The molecule has 138 valence electrons. The molecule has 0 bridgehead atoms. The van der Waals surface area contributed by atoms with Crippen LogP contribution in [0.5, 0.6) is 0 Å². The number of ether oxygens (including phenoxy) is 1. The van der Waals surface area contributed by atoms with Gasteiger partial charge in [-0.05, 0) is 43.4 Å². The number of hydrogen-bond acceptors (Lipinski definition) is 3. The Bertz CT molecular complexity index is 582. The van der Waals surface area contributed by atoms with Crippen LogP contribution >= 0.6 is 0 Å². The van der Waals surface area contributed by atoms with Crippen LogP contribution in [0.3, 0.4) is 0 Å². The van der Waals surface area contributed by atoms with Gasteiger partial charge in [0.15, 0.2) is 0 Å². The van der Waals surface area contributed by atoms with E-state index in [2.05, 4.69) is 17.2 Å². The zero-order valence-corrected chi connectivity index (χ0v) is 15.0. The molecule has 4 rings (SSSR count). The van der Waals surface area contributed by atoms with Crippen LogP contribution < -0.4 is 5.32 Å². The quantitative estimate of drug-likeness (QED) is 0.819. The number of carboxylic acid groups (broad SMARTS) is 1. The number of carboxylic acids is 1. The Kier molecular flexibility index (Phi) is 4.56. The summed E-state index contributed by atoms with van der Waals surface area (Å²) in [5.74, 6) is 0.458. The Labute approximate surface area is 149 Å². The summed E-state index contributed by atoms with van der Waals surface area (Å²) in [5.41, 5.74) is 0.457. The van der Waals surface area contributed by atoms with Crippen molar-refractivity contribution in [3.63, 3.8) is 0 Å². The van der Waals surface area contributed by atoms with Gasteiger partial charge in [0, 0.05) is 12.1 Å². The average Bonchev–Trinajstić information content (AvgIpc) is 3.25. The highest BCUT2D eigenvalue weighted by atomic mass is 16.5. The molecule has 3 aliphatic carbocycles. The van der Waals surface area contributed by atoms with E-state index in [9.17, 15) is 4.79 Å². The molecule has 0 amide bonds. The van der Waals surface area contributed by atoms with Gasteiger partial charge in [-0.25, -0.2) is 14.8 Å². The van der Waals surface area contributed by atoms with Crippen molar-refractivity contribution in [2.24, 2.45) is 27.2 Å². The maximum atomic E-state index is 10.9. The van der Waals surface area contributed by atoms with Crippen LogP contribution in [0.4, 0.5) is 0 Å². The fourth-order valence-electron chi connectivity index (χ4n) is 5.06. The largest absolute Gasteiger partial charge is 0.480 e. The molecule has 3 saturated carbocycles. The minimum absolute atomic E-state index is 0.0837. The SMILES string of the molecule is CC1CCC2C=NC(=NC3CC34CCCCC4)N[C@H]2C1OCC(=O)O. The topological polar surface area (TPSA) is 83.3 Å². The van der Waals surface area contributed by atoms with E-state index in [-0.39, 0.29) is 18.8 Å². The predicted molar refractivity (Wildman–Crippen MR) is 96.0 cm³/mol. The molecular weight excluding hydrogens is 318 g/mol. The molecule has 1 spiro atoms. The maximum Gasteiger partial charge on any atom is 0.329 e. The number of aliphatic carboxylic acids is 1. The Hall–Kier alpha value is -1.43. The number of carbonyl (C=O) groups is 1. The number of hydrogen-bond donors (Lipinski definition) is 2. The number of nitrogens with zero attached hydrogens (tertiary/aromatic N) is 2. The summed E-state index contributed by atoms with van der Waals surface area (Å²) in [7, 11) is 0. The van der Waals surface area contributed by atoms with Gasteiger partial charge in [-0.15, -0.1) is 0 Å². The van der Waals surface area contributed by atoms with Crippen LogP contribution in [0.25, 0.3) is 0 Å². The minimum Gasteiger partial charge on any atom is -0.480 e. The van der Waals surface area contributed by atoms with E-state index in [0.717, 1.165) is 18.8 Å². The first-order valence-corrected chi connectivity index (χ1v) is 9.79. The molecule has 0 aromatic heterocycles. The summed E-state index contributed by atoms with van der Waals surface area (Å²) in [5, 5.41) is 12.4. The van der Waals surface area contributed by atoms with Crippen LogP contribution in [0.1, 0.15) is 58.3 Å². The van der Waals surface area contributed by atoms with Crippen molar-refractivity contribution in [2.75, 3.05) is 6.61 Å². The standard InChI is InChI=1S/C19H29N3O3/c1-12-5-6-13-10-20-18(22-16(13)17(12)25-11-15(23)24)21-14-9-19(14)7-3-2-4-8-19/h10,12-14,16-17H,2-9,11H2,1H3,(H,21,22)(H,23,24)/t12?,13?,14?,16-,17?/m1/s1. The number of fused-ring (bicyclic) bond motifs is 1. The molecule has 4 aliphatic rings. The van der Waals surface area contributed by atoms with Crippen LogP contribution in [-0.2, 0) is 9.53 Å². The first kappa shape index (κ1) is 17.0. The zero-order chi connectivity index (χ0) is 17.4. The first-order valence-electron chi connectivity index (χ1n) is 9.79. The predicted octanol–water partition coefficient (Wildman–Crippen LogP) is 2.62.